The van der Waals surface area contributed by atoms with Crippen LogP contribution in [0.5, 0.6) is 17.2 Å². The van der Waals surface area contributed by atoms with Crippen molar-refractivity contribution >= 4 is 27.6 Å². The van der Waals surface area contributed by atoms with E-state index in [1.165, 1.54) is 38.5 Å². The van der Waals surface area contributed by atoms with E-state index < -0.39 is 10.0 Å². The van der Waals surface area contributed by atoms with E-state index in [-0.39, 0.29) is 40.5 Å². The van der Waals surface area contributed by atoms with Crippen molar-refractivity contribution in [1.82, 2.24) is 9.80 Å². The van der Waals surface area contributed by atoms with E-state index >= 15 is 0 Å². The Morgan fingerprint density at radius 3 is 2.00 bits per heavy atom. The number of nitrogens with one attached hydrogen (secondary N) is 1. The maximum atomic E-state index is 12.7. The zero-order chi connectivity index (χ0) is 24.2. The number of nitrogens with zero attached hydrogens (tertiary/aromatic N) is 2. The molecule has 4 N–H and O–H groups in total. The molecule has 0 aromatic heterocycles. The lowest BCUT2D eigenvalue weighted by molar-refractivity contribution is -0.131. The van der Waals surface area contributed by atoms with Crippen LogP contribution in [0.25, 0.3) is 0 Å². The number of aromatic hydroxyl groups is 1. The number of hydrogen-bond acceptors (Lipinski definition) is 7. The van der Waals surface area contributed by atoms with Gasteiger partial charge < -0.3 is 29.7 Å². The molecule has 3 amide bonds. The molecule has 0 aliphatic carbocycles. The van der Waals surface area contributed by atoms with E-state index in [0.717, 1.165) is 0 Å². The molecular formula is C21H26N4O7S. The molecule has 1 aliphatic rings. The van der Waals surface area contributed by atoms with Gasteiger partial charge in [0.15, 0.2) is 11.5 Å². The predicted octanol–water partition coefficient (Wildman–Crippen LogP) is 0.976. The number of nitrogens with two attached hydrogens (primary N) is 1. The van der Waals surface area contributed by atoms with Gasteiger partial charge in [-0.3, -0.25) is 4.79 Å². The third kappa shape index (κ3) is 5.84. The molecule has 1 aliphatic heterocycles. The molecule has 33 heavy (non-hydrogen) atoms. The minimum Gasteiger partial charge on any atom is -0.502 e. The van der Waals surface area contributed by atoms with Crippen LogP contribution in [0, 0.1) is 0 Å². The second kappa shape index (κ2) is 9.96. The first kappa shape index (κ1) is 24.1. The van der Waals surface area contributed by atoms with Gasteiger partial charge in [0, 0.05) is 31.9 Å². The minimum atomic E-state index is -3.80. The zero-order valence-corrected chi connectivity index (χ0v) is 19.1. The number of carbonyl (C=O) groups is 2. The number of phenols is 1. The number of benzene rings is 2. The van der Waals surface area contributed by atoms with Gasteiger partial charge in [-0.2, -0.15) is 0 Å². The second-order valence-corrected chi connectivity index (χ2v) is 8.95. The lowest BCUT2D eigenvalue weighted by Crippen LogP contribution is -2.52. The molecule has 0 atom stereocenters. The highest BCUT2D eigenvalue weighted by Gasteiger charge is 2.25. The van der Waals surface area contributed by atoms with E-state index in [9.17, 15) is 23.1 Å². The van der Waals surface area contributed by atoms with Gasteiger partial charge in [0.1, 0.15) is 0 Å². The molecule has 1 saturated heterocycles. The number of amides is 3. The van der Waals surface area contributed by atoms with Crippen LogP contribution < -0.4 is 19.9 Å². The highest BCUT2D eigenvalue weighted by molar-refractivity contribution is 7.89. The molecule has 2 aromatic rings. The summed E-state index contributed by atoms with van der Waals surface area (Å²) in [5.41, 5.74) is 1.07. The number of piperazine rings is 1. The van der Waals surface area contributed by atoms with E-state index in [4.69, 9.17) is 14.6 Å². The molecule has 178 valence electrons. The number of ether oxygens (including phenoxy) is 2. The van der Waals surface area contributed by atoms with Crippen LogP contribution >= 0.6 is 0 Å². The summed E-state index contributed by atoms with van der Waals surface area (Å²) in [6.45, 7) is 1.41. The van der Waals surface area contributed by atoms with Crippen LogP contribution in [0.4, 0.5) is 10.5 Å². The highest BCUT2D eigenvalue weighted by atomic mass is 32.2. The summed E-state index contributed by atoms with van der Waals surface area (Å²) >= 11 is 0. The Balaban J connectivity index is 1.55. The van der Waals surface area contributed by atoms with Crippen molar-refractivity contribution in [2.24, 2.45) is 5.14 Å². The maximum absolute atomic E-state index is 12.7. The Morgan fingerprint density at radius 2 is 1.52 bits per heavy atom. The van der Waals surface area contributed by atoms with Gasteiger partial charge in [-0.25, -0.2) is 18.4 Å². The van der Waals surface area contributed by atoms with Crippen molar-refractivity contribution in [3.63, 3.8) is 0 Å². The third-order valence-corrected chi connectivity index (χ3v) is 6.18. The Hall–Kier alpha value is -3.51. The van der Waals surface area contributed by atoms with Gasteiger partial charge in [-0.05, 0) is 42.0 Å². The molecule has 0 bridgehead atoms. The van der Waals surface area contributed by atoms with E-state index in [0.29, 0.717) is 37.4 Å². The van der Waals surface area contributed by atoms with Crippen LogP contribution in [0.3, 0.4) is 0 Å². The number of phenolic OH excluding ortho intramolecular Hbond substituents is 1. The summed E-state index contributed by atoms with van der Waals surface area (Å²) in [5.74, 6) is 0.185. The Bertz CT molecular complexity index is 1100. The summed E-state index contributed by atoms with van der Waals surface area (Å²) in [5, 5.41) is 17.8. The molecule has 1 heterocycles. The number of hydrogen-bond donors (Lipinski definition) is 3. The zero-order valence-electron chi connectivity index (χ0n) is 18.3. The van der Waals surface area contributed by atoms with Gasteiger partial charge in [-0.1, -0.05) is 0 Å². The summed E-state index contributed by atoms with van der Waals surface area (Å²) in [6.07, 6.45) is 0.0929. The lowest BCUT2D eigenvalue weighted by atomic mass is 10.1. The van der Waals surface area contributed by atoms with Gasteiger partial charge >= 0.3 is 6.03 Å². The second-order valence-electron chi connectivity index (χ2n) is 7.39. The molecule has 0 saturated carbocycles. The average molecular weight is 479 g/mol. The minimum absolute atomic E-state index is 0.0449. The normalized spacial score (nSPS) is 14.0. The highest BCUT2D eigenvalue weighted by Crippen LogP contribution is 2.37. The monoisotopic (exact) mass is 478 g/mol. The molecule has 0 radical (unpaired) electrons. The first-order chi connectivity index (χ1) is 15.6. The van der Waals surface area contributed by atoms with Crippen LogP contribution in [-0.4, -0.2) is 75.7 Å². The molecule has 0 spiro atoms. The Kier molecular flexibility index (Phi) is 7.29. The lowest BCUT2D eigenvalue weighted by Gasteiger charge is -2.34. The van der Waals surface area contributed by atoms with E-state index in [2.05, 4.69) is 5.32 Å². The van der Waals surface area contributed by atoms with Gasteiger partial charge in [0.25, 0.3) is 0 Å². The molecule has 0 unspecified atom stereocenters. The fourth-order valence-electron chi connectivity index (χ4n) is 3.43. The first-order valence-electron chi connectivity index (χ1n) is 10.0. The van der Waals surface area contributed by atoms with Crippen LogP contribution in [0.1, 0.15) is 5.56 Å². The maximum Gasteiger partial charge on any atom is 0.321 e. The average Bonchev–Trinajstić information content (AvgIpc) is 2.79. The molecule has 2 aromatic carbocycles. The van der Waals surface area contributed by atoms with Crippen LogP contribution in [0.15, 0.2) is 41.3 Å². The van der Waals surface area contributed by atoms with E-state index in [1.54, 1.807) is 21.9 Å². The van der Waals surface area contributed by atoms with Crippen molar-refractivity contribution in [1.29, 1.82) is 0 Å². The molecule has 1 fully saturated rings. The quantitative estimate of drug-likeness (QED) is 0.560. The third-order valence-electron chi connectivity index (χ3n) is 5.25. The Labute approximate surface area is 191 Å². The van der Waals surface area contributed by atoms with E-state index in [1.807, 2.05) is 0 Å². The first-order valence-corrected chi connectivity index (χ1v) is 11.6. The molecule has 3 rings (SSSR count). The number of urea groups is 1. The SMILES string of the molecule is COc1cc(CC(=O)N2CCN(C(=O)Nc3ccc(S(N)(=O)=O)cc3)CC2)cc(OC)c1O. The van der Waals surface area contributed by atoms with Crippen molar-refractivity contribution < 1.29 is 32.6 Å². The fourth-order valence-corrected chi connectivity index (χ4v) is 3.94. The number of sulfonamides is 1. The van der Waals surface area contributed by atoms with Gasteiger partial charge in [0.05, 0.1) is 25.5 Å². The molecule has 11 nitrogen and oxygen atoms in total. The topological polar surface area (TPSA) is 151 Å². The van der Waals surface area contributed by atoms with Crippen LogP contribution in [-0.2, 0) is 21.2 Å². The van der Waals surface area contributed by atoms with Crippen molar-refractivity contribution in [2.45, 2.75) is 11.3 Å². The number of anilines is 1. The molecular weight excluding hydrogens is 452 g/mol. The smallest absolute Gasteiger partial charge is 0.321 e. The summed E-state index contributed by atoms with van der Waals surface area (Å²) in [7, 11) is -0.972. The number of carbonyl (C=O) groups excluding carboxylic acids is 2. The van der Waals surface area contributed by atoms with Crippen molar-refractivity contribution in [3.8, 4) is 17.2 Å². The Morgan fingerprint density at radius 1 is 1.00 bits per heavy atom. The summed E-state index contributed by atoms with van der Waals surface area (Å²) in [4.78, 5) is 28.4. The number of rotatable bonds is 6. The summed E-state index contributed by atoms with van der Waals surface area (Å²) in [6, 6.07) is 8.36. The predicted molar refractivity (Wildman–Crippen MR) is 120 cm³/mol. The number of methoxy groups -OCH3 is 2. The van der Waals surface area contributed by atoms with Crippen molar-refractivity contribution in [2.75, 3.05) is 45.7 Å². The standard InChI is InChI=1S/C21H26N4O7S/c1-31-17-11-14(12-18(32-2)20(17)27)13-19(26)24-7-9-25(10-8-24)21(28)23-15-3-5-16(6-4-15)33(22,29)30/h3-6,11-12,27H,7-10,13H2,1-2H3,(H,23,28)(H2,22,29,30). The van der Waals surface area contributed by atoms with Crippen LogP contribution in [0.2, 0.25) is 0 Å². The summed E-state index contributed by atoms with van der Waals surface area (Å²) < 4.78 is 32.9. The molecule has 12 heteroatoms. The fraction of sp³-hybridized carbons (Fsp3) is 0.333. The van der Waals surface area contributed by atoms with Gasteiger partial charge in [0.2, 0.25) is 21.7 Å². The largest absolute Gasteiger partial charge is 0.502 e. The van der Waals surface area contributed by atoms with Gasteiger partial charge in [-0.15, -0.1) is 0 Å². The number of primary sulfonamides is 1. The van der Waals surface area contributed by atoms with Crippen molar-refractivity contribution in [3.05, 3.63) is 42.0 Å².